The van der Waals surface area contributed by atoms with E-state index < -0.39 is 0 Å². The number of hydrogen-bond donors (Lipinski definition) is 1. The molecule has 1 aliphatic rings. The van der Waals surface area contributed by atoms with Crippen molar-refractivity contribution in [3.05, 3.63) is 39.9 Å². The van der Waals surface area contributed by atoms with Crippen molar-refractivity contribution in [1.29, 1.82) is 0 Å². The van der Waals surface area contributed by atoms with Gasteiger partial charge >= 0.3 is 0 Å². The van der Waals surface area contributed by atoms with Crippen molar-refractivity contribution in [2.24, 2.45) is 0 Å². The van der Waals surface area contributed by atoms with Crippen molar-refractivity contribution in [2.75, 3.05) is 6.61 Å². The molecule has 1 N–H and O–H groups in total. The molecule has 1 aromatic carbocycles. The fraction of sp³-hybridized carbons (Fsp3) is 0.333. The van der Waals surface area contributed by atoms with Gasteiger partial charge in [-0.15, -0.1) is 0 Å². The van der Waals surface area contributed by atoms with Crippen LogP contribution in [-0.2, 0) is 0 Å². The molecule has 14 heavy (non-hydrogen) atoms. The molecule has 2 heteroatoms. The van der Waals surface area contributed by atoms with Gasteiger partial charge in [-0.05, 0) is 48.1 Å². The third-order valence-corrected chi connectivity index (χ3v) is 3.24. The van der Waals surface area contributed by atoms with Gasteiger partial charge in [0.05, 0.1) is 6.61 Å². The molecule has 1 nitrogen and oxygen atoms in total. The predicted molar refractivity (Wildman–Crippen MR) is 62.0 cm³/mol. The van der Waals surface area contributed by atoms with Gasteiger partial charge in [0.15, 0.2) is 0 Å². The lowest BCUT2D eigenvalue weighted by atomic mass is 10.0. The van der Waals surface area contributed by atoms with Crippen LogP contribution in [0.5, 0.6) is 0 Å². The molecule has 0 bridgehead atoms. The van der Waals surface area contributed by atoms with Gasteiger partial charge in [-0.3, -0.25) is 0 Å². The van der Waals surface area contributed by atoms with Crippen molar-refractivity contribution in [2.45, 2.75) is 19.3 Å². The van der Waals surface area contributed by atoms with E-state index in [-0.39, 0.29) is 6.61 Å². The average Bonchev–Trinajstić information content (AvgIpc) is 2.67. The first-order valence-corrected chi connectivity index (χ1v) is 5.68. The molecule has 0 spiro atoms. The zero-order chi connectivity index (χ0) is 9.97. The highest BCUT2D eigenvalue weighted by atomic mass is 79.9. The minimum Gasteiger partial charge on any atom is -0.392 e. The lowest BCUT2D eigenvalue weighted by Gasteiger charge is -2.05. The topological polar surface area (TPSA) is 20.2 Å². The lowest BCUT2D eigenvalue weighted by molar-refractivity contribution is 0.329. The fourth-order valence-electron chi connectivity index (χ4n) is 1.98. The van der Waals surface area contributed by atoms with Crippen LogP contribution in [0.3, 0.4) is 0 Å². The lowest BCUT2D eigenvalue weighted by Crippen LogP contribution is -1.89. The minimum absolute atomic E-state index is 0.214. The molecular formula is C12H13BrO. The monoisotopic (exact) mass is 252 g/mol. The molecule has 1 aromatic rings. The molecule has 0 fully saturated rings. The number of halogens is 1. The summed E-state index contributed by atoms with van der Waals surface area (Å²) < 4.78 is 1.10. The van der Waals surface area contributed by atoms with Gasteiger partial charge < -0.3 is 5.11 Å². The molecule has 1 aliphatic carbocycles. The molecule has 0 amide bonds. The zero-order valence-electron chi connectivity index (χ0n) is 7.96. The van der Waals surface area contributed by atoms with E-state index in [9.17, 15) is 5.11 Å². The van der Waals surface area contributed by atoms with Gasteiger partial charge in [0.1, 0.15) is 0 Å². The molecule has 0 aromatic heterocycles. The first kappa shape index (κ1) is 9.94. The Kier molecular flexibility index (Phi) is 3.04. The molecule has 0 saturated heterocycles. The van der Waals surface area contributed by atoms with Crippen LogP contribution in [0.25, 0.3) is 5.57 Å². The summed E-state index contributed by atoms with van der Waals surface area (Å²) in [6.45, 7) is 0.214. The number of aliphatic hydroxyl groups excluding tert-OH is 1. The fourth-order valence-corrected chi connectivity index (χ4v) is 2.24. The zero-order valence-corrected chi connectivity index (χ0v) is 9.55. The molecule has 0 aliphatic heterocycles. The van der Waals surface area contributed by atoms with E-state index in [2.05, 4.69) is 40.2 Å². The largest absolute Gasteiger partial charge is 0.392 e. The first-order chi connectivity index (χ1) is 6.81. The summed E-state index contributed by atoms with van der Waals surface area (Å²) in [4.78, 5) is 0. The van der Waals surface area contributed by atoms with Crippen LogP contribution in [0.4, 0.5) is 0 Å². The van der Waals surface area contributed by atoms with Gasteiger partial charge in [0.25, 0.3) is 0 Å². The Labute approximate surface area is 92.6 Å². The summed E-state index contributed by atoms with van der Waals surface area (Å²) >= 11 is 3.42. The first-order valence-electron chi connectivity index (χ1n) is 4.89. The summed E-state index contributed by atoms with van der Waals surface area (Å²) in [5.41, 5.74) is 3.82. The average molecular weight is 253 g/mol. The smallest absolute Gasteiger partial charge is 0.0647 e. The molecule has 2 rings (SSSR count). The van der Waals surface area contributed by atoms with Gasteiger partial charge in [-0.1, -0.05) is 28.1 Å². The molecule has 0 atom stereocenters. The van der Waals surface area contributed by atoms with Crippen molar-refractivity contribution in [3.63, 3.8) is 0 Å². The Morgan fingerprint density at radius 3 is 2.50 bits per heavy atom. The second kappa shape index (κ2) is 4.28. The second-order valence-corrected chi connectivity index (χ2v) is 4.52. The maximum Gasteiger partial charge on any atom is 0.0647 e. The molecule has 0 heterocycles. The Hall–Kier alpha value is -0.600. The summed E-state index contributed by atoms with van der Waals surface area (Å²) in [5.74, 6) is 0. The highest BCUT2D eigenvalue weighted by molar-refractivity contribution is 9.10. The number of hydrogen-bond acceptors (Lipinski definition) is 1. The summed E-state index contributed by atoms with van der Waals surface area (Å²) in [6.07, 6.45) is 3.35. The van der Waals surface area contributed by atoms with Gasteiger partial charge in [-0.2, -0.15) is 0 Å². The van der Waals surface area contributed by atoms with Crippen molar-refractivity contribution < 1.29 is 5.11 Å². The Balaban J connectivity index is 2.34. The maximum absolute atomic E-state index is 9.19. The van der Waals surface area contributed by atoms with Crippen LogP contribution in [0.1, 0.15) is 24.8 Å². The number of aliphatic hydroxyl groups is 1. The van der Waals surface area contributed by atoms with E-state index in [1.165, 1.54) is 23.1 Å². The summed E-state index contributed by atoms with van der Waals surface area (Å²) in [5, 5.41) is 9.19. The highest BCUT2D eigenvalue weighted by Gasteiger charge is 2.14. The van der Waals surface area contributed by atoms with E-state index >= 15 is 0 Å². The standard InChI is InChI=1S/C12H13BrO/c13-11-6-4-9(5-7-11)12-3-1-2-10(12)8-14/h4-7,14H,1-3,8H2. The minimum atomic E-state index is 0.214. The quantitative estimate of drug-likeness (QED) is 0.856. The van der Waals surface area contributed by atoms with Crippen molar-refractivity contribution >= 4 is 21.5 Å². The summed E-state index contributed by atoms with van der Waals surface area (Å²) in [6, 6.07) is 8.33. The third kappa shape index (κ3) is 1.91. The number of rotatable bonds is 2. The maximum atomic E-state index is 9.19. The van der Waals surface area contributed by atoms with E-state index in [4.69, 9.17) is 0 Å². The van der Waals surface area contributed by atoms with Crippen LogP contribution >= 0.6 is 15.9 Å². The van der Waals surface area contributed by atoms with Crippen LogP contribution in [-0.4, -0.2) is 11.7 Å². The predicted octanol–water partition coefficient (Wildman–Crippen LogP) is 3.38. The van der Waals surface area contributed by atoms with Gasteiger partial charge in [0, 0.05) is 4.47 Å². The Bertz CT molecular complexity index is 351. The SMILES string of the molecule is OCC1=C(c2ccc(Br)cc2)CCC1. The molecule has 0 saturated carbocycles. The van der Waals surface area contributed by atoms with Crippen molar-refractivity contribution in [3.8, 4) is 0 Å². The van der Waals surface area contributed by atoms with Crippen LogP contribution in [0.15, 0.2) is 34.3 Å². The van der Waals surface area contributed by atoms with E-state index in [1.807, 2.05) is 0 Å². The van der Waals surface area contributed by atoms with Crippen LogP contribution in [0, 0.1) is 0 Å². The molecular weight excluding hydrogens is 240 g/mol. The van der Waals surface area contributed by atoms with Gasteiger partial charge in [-0.25, -0.2) is 0 Å². The normalized spacial score (nSPS) is 16.4. The van der Waals surface area contributed by atoms with Crippen LogP contribution < -0.4 is 0 Å². The summed E-state index contributed by atoms with van der Waals surface area (Å²) in [7, 11) is 0. The van der Waals surface area contributed by atoms with Crippen molar-refractivity contribution in [1.82, 2.24) is 0 Å². The molecule has 74 valence electrons. The van der Waals surface area contributed by atoms with E-state index in [0.29, 0.717) is 0 Å². The van der Waals surface area contributed by atoms with Gasteiger partial charge in [0.2, 0.25) is 0 Å². The van der Waals surface area contributed by atoms with E-state index in [0.717, 1.165) is 17.3 Å². The Morgan fingerprint density at radius 1 is 1.14 bits per heavy atom. The second-order valence-electron chi connectivity index (χ2n) is 3.60. The molecule has 0 unspecified atom stereocenters. The highest BCUT2D eigenvalue weighted by Crippen LogP contribution is 2.33. The number of allylic oxidation sites excluding steroid dienone is 1. The number of benzene rings is 1. The molecule has 0 radical (unpaired) electrons. The van der Waals surface area contributed by atoms with E-state index in [1.54, 1.807) is 0 Å². The van der Waals surface area contributed by atoms with Crippen LogP contribution in [0.2, 0.25) is 0 Å². The third-order valence-electron chi connectivity index (χ3n) is 2.72. The Morgan fingerprint density at radius 2 is 1.86 bits per heavy atom.